The monoisotopic (exact) mass is 271 g/mol. The highest BCUT2D eigenvalue weighted by Crippen LogP contribution is 2.19. The third-order valence-electron chi connectivity index (χ3n) is 3.33. The molecule has 6 heteroatoms. The van der Waals surface area contributed by atoms with Crippen molar-refractivity contribution < 1.29 is 4.79 Å². The Morgan fingerprint density at radius 1 is 1.30 bits per heavy atom. The maximum atomic E-state index is 11.9. The predicted molar refractivity (Wildman–Crippen MR) is 76.3 cm³/mol. The zero-order valence-corrected chi connectivity index (χ0v) is 11.1. The van der Waals surface area contributed by atoms with E-state index in [0.29, 0.717) is 12.4 Å². The summed E-state index contributed by atoms with van der Waals surface area (Å²) in [6.07, 6.45) is 0.875. The zero-order valence-electron chi connectivity index (χ0n) is 11.1. The highest BCUT2D eigenvalue weighted by atomic mass is 16.2. The summed E-state index contributed by atoms with van der Waals surface area (Å²) in [5.41, 5.74) is 3.21. The number of anilines is 1. The van der Waals surface area contributed by atoms with Gasteiger partial charge in [-0.25, -0.2) is 4.79 Å². The predicted octanol–water partition coefficient (Wildman–Crippen LogP) is 1.38. The molecular formula is C14H17N5O. The highest BCUT2D eigenvalue weighted by Gasteiger charge is 2.17. The van der Waals surface area contributed by atoms with E-state index in [1.165, 1.54) is 0 Å². The van der Waals surface area contributed by atoms with Crippen LogP contribution in [0.15, 0.2) is 30.3 Å². The number of rotatable bonds is 3. The molecule has 0 saturated carbocycles. The molecule has 0 radical (unpaired) electrons. The number of hydrogen-bond acceptors (Lipinski definition) is 3. The van der Waals surface area contributed by atoms with Crippen molar-refractivity contribution in [2.75, 3.05) is 11.9 Å². The Hall–Kier alpha value is -2.34. The SMILES string of the molecule is O=C(NCc1ccccc1)Nc1n[nH]c2c1CCNC2. The van der Waals surface area contributed by atoms with E-state index in [1.807, 2.05) is 30.3 Å². The summed E-state index contributed by atoms with van der Waals surface area (Å²) in [4.78, 5) is 11.9. The first kappa shape index (κ1) is 12.7. The van der Waals surface area contributed by atoms with Crippen LogP contribution in [0, 0.1) is 0 Å². The van der Waals surface area contributed by atoms with Crippen LogP contribution in [0.4, 0.5) is 10.6 Å². The van der Waals surface area contributed by atoms with E-state index in [0.717, 1.165) is 36.3 Å². The van der Waals surface area contributed by atoms with Gasteiger partial charge in [-0.05, 0) is 18.5 Å². The molecule has 0 unspecified atom stereocenters. The van der Waals surface area contributed by atoms with Crippen LogP contribution in [0.1, 0.15) is 16.8 Å². The summed E-state index contributed by atoms with van der Waals surface area (Å²) in [5.74, 6) is 0.632. The molecule has 1 aromatic heterocycles. The van der Waals surface area contributed by atoms with Gasteiger partial charge in [-0.2, -0.15) is 5.10 Å². The smallest absolute Gasteiger partial charge is 0.320 e. The van der Waals surface area contributed by atoms with Crippen molar-refractivity contribution in [3.05, 3.63) is 47.2 Å². The van der Waals surface area contributed by atoms with E-state index in [2.05, 4.69) is 26.1 Å². The first-order valence-electron chi connectivity index (χ1n) is 6.68. The van der Waals surface area contributed by atoms with Crippen molar-refractivity contribution in [1.29, 1.82) is 0 Å². The van der Waals surface area contributed by atoms with Crippen LogP contribution >= 0.6 is 0 Å². The number of nitrogens with one attached hydrogen (secondary N) is 4. The van der Waals surface area contributed by atoms with E-state index >= 15 is 0 Å². The van der Waals surface area contributed by atoms with Gasteiger partial charge >= 0.3 is 6.03 Å². The Bertz CT molecular complexity index is 593. The average molecular weight is 271 g/mol. The van der Waals surface area contributed by atoms with Crippen LogP contribution in [0.5, 0.6) is 0 Å². The minimum absolute atomic E-state index is 0.235. The first-order chi connectivity index (χ1) is 9.83. The van der Waals surface area contributed by atoms with Gasteiger partial charge < -0.3 is 10.6 Å². The molecule has 0 fully saturated rings. The molecule has 2 heterocycles. The molecule has 3 rings (SSSR count). The largest absolute Gasteiger partial charge is 0.334 e. The molecular weight excluding hydrogens is 254 g/mol. The number of urea groups is 1. The Kier molecular flexibility index (Phi) is 3.64. The fourth-order valence-corrected chi connectivity index (χ4v) is 2.28. The van der Waals surface area contributed by atoms with E-state index in [4.69, 9.17) is 0 Å². The van der Waals surface area contributed by atoms with Gasteiger partial charge in [0.1, 0.15) is 0 Å². The van der Waals surface area contributed by atoms with E-state index in [-0.39, 0.29) is 6.03 Å². The fraction of sp³-hybridized carbons (Fsp3) is 0.286. The van der Waals surface area contributed by atoms with Crippen molar-refractivity contribution >= 4 is 11.8 Å². The third kappa shape index (κ3) is 2.80. The molecule has 0 bridgehead atoms. The molecule has 0 saturated heterocycles. The summed E-state index contributed by atoms with van der Waals surface area (Å²) in [6.45, 7) is 2.18. The van der Waals surface area contributed by atoms with Gasteiger partial charge in [0.2, 0.25) is 0 Å². The van der Waals surface area contributed by atoms with Crippen molar-refractivity contribution in [3.63, 3.8) is 0 Å². The number of nitrogens with zero attached hydrogens (tertiary/aromatic N) is 1. The molecule has 1 aromatic carbocycles. The van der Waals surface area contributed by atoms with E-state index in [1.54, 1.807) is 0 Å². The summed E-state index contributed by atoms with van der Waals surface area (Å²) < 4.78 is 0. The van der Waals surface area contributed by atoms with Crippen molar-refractivity contribution in [2.24, 2.45) is 0 Å². The normalized spacial score (nSPS) is 13.6. The molecule has 104 valence electrons. The second-order valence-corrected chi connectivity index (χ2v) is 4.75. The Morgan fingerprint density at radius 3 is 3.00 bits per heavy atom. The van der Waals surface area contributed by atoms with Crippen molar-refractivity contribution in [1.82, 2.24) is 20.8 Å². The molecule has 2 amide bonds. The number of aromatic nitrogens is 2. The molecule has 0 atom stereocenters. The topological polar surface area (TPSA) is 81.8 Å². The molecule has 6 nitrogen and oxygen atoms in total. The maximum Gasteiger partial charge on any atom is 0.320 e. The third-order valence-corrected chi connectivity index (χ3v) is 3.33. The van der Waals surface area contributed by atoms with Crippen LogP contribution in [0.25, 0.3) is 0 Å². The van der Waals surface area contributed by atoms with Gasteiger partial charge in [0.05, 0.1) is 5.69 Å². The molecule has 0 spiro atoms. The highest BCUT2D eigenvalue weighted by molar-refractivity contribution is 5.89. The summed E-state index contributed by atoms with van der Waals surface area (Å²) in [6, 6.07) is 9.57. The Morgan fingerprint density at radius 2 is 2.15 bits per heavy atom. The van der Waals surface area contributed by atoms with Crippen LogP contribution in [-0.2, 0) is 19.5 Å². The first-order valence-corrected chi connectivity index (χ1v) is 6.68. The number of hydrogen-bond donors (Lipinski definition) is 4. The van der Waals surface area contributed by atoms with Gasteiger partial charge in [-0.15, -0.1) is 0 Å². The number of amides is 2. The Balaban J connectivity index is 1.58. The molecule has 4 N–H and O–H groups in total. The van der Waals surface area contributed by atoms with Crippen molar-refractivity contribution in [2.45, 2.75) is 19.5 Å². The van der Waals surface area contributed by atoms with Crippen LogP contribution < -0.4 is 16.0 Å². The maximum absolute atomic E-state index is 11.9. The van der Waals surface area contributed by atoms with Crippen LogP contribution in [-0.4, -0.2) is 22.8 Å². The Labute approximate surface area is 117 Å². The van der Waals surface area contributed by atoms with Gasteiger partial charge in [0, 0.05) is 18.7 Å². The minimum Gasteiger partial charge on any atom is -0.334 e. The number of carbonyl (C=O) groups excluding carboxylic acids is 1. The second kappa shape index (κ2) is 5.75. The van der Waals surface area contributed by atoms with Gasteiger partial charge in [-0.1, -0.05) is 30.3 Å². The zero-order chi connectivity index (χ0) is 13.8. The van der Waals surface area contributed by atoms with Crippen LogP contribution in [0.2, 0.25) is 0 Å². The molecule has 1 aliphatic heterocycles. The average Bonchev–Trinajstić information content (AvgIpc) is 2.90. The lowest BCUT2D eigenvalue weighted by Gasteiger charge is -2.13. The standard InChI is InChI=1S/C14H17N5O/c20-14(16-8-10-4-2-1-3-5-10)17-13-11-6-7-15-9-12(11)18-19-13/h1-5,15H,6-9H2,(H3,16,17,18,19,20). The minimum atomic E-state index is -0.235. The number of fused-ring (bicyclic) bond motifs is 1. The number of carbonyl (C=O) groups is 1. The number of H-pyrrole nitrogens is 1. The van der Waals surface area contributed by atoms with E-state index < -0.39 is 0 Å². The lowest BCUT2D eigenvalue weighted by atomic mass is 10.1. The van der Waals surface area contributed by atoms with Crippen LogP contribution in [0.3, 0.4) is 0 Å². The van der Waals surface area contributed by atoms with Gasteiger partial charge in [0.15, 0.2) is 5.82 Å². The molecule has 2 aromatic rings. The molecule has 0 aliphatic carbocycles. The summed E-state index contributed by atoms with van der Waals surface area (Å²) in [7, 11) is 0. The number of aromatic amines is 1. The quantitative estimate of drug-likeness (QED) is 0.680. The van der Waals surface area contributed by atoms with Gasteiger partial charge in [-0.3, -0.25) is 10.4 Å². The lowest BCUT2D eigenvalue weighted by molar-refractivity contribution is 0.251. The summed E-state index contributed by atoms with van der Waals surface area (Å²) in [5, 5.41) is 16.0. The molecule has 20 heavy (non-hydrogen) atoms. The summed E-state index contributed by atoms with van der Waals surface area (Å²) >= 11 is 0. The lowest BCUT2D eigenvalue weighted by Crippen LogP contribution is -2.29. The number of benzene rings is 1. The van der Waals surface area contributed by atoms with Crippen molar-refractivity contribution in [3.8, 4) is 0 Å². The molecule has 1 aliphatic rings. The second-order valence-electron chi connectivity index (χ2n) is 4.75. The fourth-order valence-electron chi connectivity index (χ4n) is 2.28. The van der Waals surface area contributed by atoms with E-state index in [9.17, 15) is 4.79 Å². The van der Waals surface area contributed by atoms with Gasteiger partial charge in [0.25, 0.3) is 0 Å².